The molecule has 0 saturated carbocycles. The second-order valence-electron chi connectivity index (χ2n) is 6.28. The average Bonchev–Trinajstić information content (AvgIpc) is 3.04. The second-order valence-corrected chi connectivity index (χ2v) is 7.44. The molecule has 0 unspecified atom stereocenters. The number of hydrogen-bond acceptors (Lipinski definition) is 5. The molecule has 0 aromatic heterocycles. The van der Waals surface area contributed by atoms with Gasteiger partial charge in [0.1, 0.15) is 5.82 Å². The topological polar surface area (TPSA) is 57.1 Å². The van der Waals surface area contributed by atoms with Crippen LogP contribution >= 0.6 is 22.6 Å². The fraction of sp³-hybridized carbons (Fsp3) is 0.273. The van der Waals surface area contributed by atoms with Crippen LogP contribution in [0.25, 0.3) is 6.08 Å². The molecule has 0 radical (unpaired) electrons. The molecule has 3 rings (SSSR count). The molecule has 0 atom stereocenters. The summed E-state index contributed by atoms with van der Waals surface area (Å²) in [6, 6.07) is 9.70. The minimum absolute atomic E-state index is 0.0430. The molecule has 0 aliphatic carbocycles. The molecular weight excluding hydrogens is 488 g/mol. The highest BCUT2D eigenvalue weighted by atomic mass is 127. The number of halogens is 2. The third kappa shape index (κ3) is 5.14. The van der Waals surface area contributed by atoms with Crippen molar-refractivity contribution in [1.82, 2.24) is 0 Å². The number of carbonyl (C=O) groups is 1. The molecule has 152 valence electrons. The van der Waals surface area contributed by atoms with E-state index in [1.165, 1.54) is 12.1 Å². The molecule has 1 aliphatic rings. The Morgan fingerprint density at radius 3 is 2.72 bits per heavy atom. The van der Waals surface area contributed by atoms with Gasteiger partial charge in [0.15, 0.2) is 17.2 Å². The van der Waals surface area contributed by atoms with E-state index in [1.807, 2.05) is 13.0 Å². The first-order valence-electron chi connectivity index (χ1n) is 9.40. The van der Waals surface area contributed by atoms with Gasteiger partial charge < -0.3 is 14.2 Å². The van der Waals surface area contributed by atoms with Gasteiger partial charge in [-0.15, -0.1) is 0 Å². The van der Waals surface area contributed by atoms with Crippen LogP contribution in [-0.2, 0) is 9.53 Å². The minimum atomic E-state index is -0.625. The monoisotopic (exact) mass is 509 g/mol. The quantitative estimate of drug-likeness (QED) is 0.208. The molecule has 0 amide bonds. The summed E-state index contributed by atoms with van der Waals surface area (Å²) in [5.74, 6) is 0.125. The molecule has 1 heterocycles. The number of hydrogen-bond donors (Lipinski definition) is 0. The van der Waals surface area contributed by atoms with Gasteiger partial charge in [-0.1, -0.05) is 25.5 Å². The van der Waals surface area contributed by atoms with Crippen molar-refractivity contribution in [2.75, 3.05) is 13.2 Å². The first kappa shape index (κ1) is 21.3. The molecular formula is C22H21FINO4. The molecule has 0 bridgehead atoms. The van der Waals surface area contributed by atoms with Gasteiger partial charge in [-0.2, -0.15) is 0 Å². The molecule has 0 saturated heterocycles. The van der Waals surface area contributed by atoms with E-state index in [-0.39, 0.29) is 17.2 Å². The zero-order valence-corrected chi connectivity index (χ0v) is 18.4. The lowest BCUT2D eigenvalue weighted by Crippen LogP contribution is -2.07. The van der Waals surface area contributed by atoms with Crippen molar-refractivity contribution in [3.05, 3.63) is 62.6 Å². The predicted molar refractivity (Wildman–Crippen MR) is 118 cm³/mol. The van der Waals surface area contributed by atoms with Crippen molar-refractivity contribution in [2.45, 2.75) is 26.7 Å². The highest BCUT2D eigenvalue weighted by Crippen LogP contribution is 2.35. The highest BCUT2D eigenvalue weighted by molar-refractivity contribution is 14.1. The molecule has 0 N–H and O–H groups in total. The van der Waals surface area contributed by atoms with Crippen molar-refractivity contribution >= 4 is 40.5 Å². The van der Waals surface area contributed by atoms with Crippen molar-refractivity contribution < 1.29 is 23.4 Å². The van der Waals surface area contributed by atoms with Crippen LogP contribution in [0, 0.1) is 9.39 Å². The van der Waals surface area contributed by atoms with Gasteiger partial charge in [0, 0.05) is 0 Å². The summed E-state index contributed by atoms with van der Waals surface area (Å²) in [6.07, 6.45) is 3.58. The molecule has 0 spiro atoms. The molecule has 7 heteroatoms. The van der Waals surface area contributed by atoms with Crippen molar-refractivity contribution in [1.29, 1.82) is 0 Å². The van der Waals surface area contributed by atoms with Gasteiger partial charge in [-0.05, 0) is 71.8 Å². The van der Waals surface area contributed by atoms with Crippen LogP contribution in [0.4, 0.5) is 4.39 Å². The maximum Gasteiger partial charge on any atom is 0.363 e. The summed E-state index contributed by atoms with van der Waals surface area (Å²) in [7, 11) is 0. The van der Waals surface area contributed by atoms with E-state index in [4.69, 9.17) is 14.2 Å². The number of rotatable bonds is 8. The molecule has 0 fully saturated rings. The van der Waals surface area contributed by atoms with Crippen LogP contribution in [-0.4, -0.2) is 25.1 Å². The Bertz CT molecular complexity index is 971. The predicted octanol–water partition coefficient (Wildman–Crippen LogP) is 5.35. The van der Waals surface area contributed by atoms with E-state index in [9.17, 15) is 9.18 Å². The van der Waals surface area contributed by atoms with Gasteiger partial charge in [-0.3, -0.25) is 0 Å². The maximum atomic E-state index is 14.0. The fourth-order valence-electron chi connectivity index (χ4n) is 2.71. The summed E-state index contributed by atoms with van der Waals surface area (Å²) >= 11 is 2.18. The van der Waals surface area contributed by atoms with Crippen LogP contribution in [0.3, 0.4) is 0 Å². The lowest BCUT2D eigenvalue weighted by molar-refractivity contribution is -0.129. The van der Waals surface area contributed by atoms with E-state index in [0.29, 0.717) is 30.3 Å². The Kier molecular flexibility index (Phi) is 7.24. The summed E-state index contributed by atoms with van der Waals surface area (Å²) in [6.45, 7) is 5.09. The standard InChI is InChI=1S/C22H21FINO4/c1-3-5-10-28-20-17(24)11-14(13-19(20)27-4-2)12-18-22(26)29-21(25-18)15-8-6-7-9-16(15)23/h6-9,11-13H,3-5,10H2,1-2H3/b18-12-. The molecule has 29 heavy (non-hydrogen) atoms. The molecule has 2 aromatic rings. The third-order valence-electron chi connectivity index (χ3n) is 4.10. The number of carbonyl (C=O) groups excluding carboxylic acids is 1. The number of esters is 1. The summed E-state index contributed by atoms with van der Waals surface area (Å²) < 4.78 is 31.6. The molecule has 2 aromatic carbocycles. The van der Waals surface area contributed by atoms with E-state index >= 15 is 0 Å². The Hall–Kier alpha value is -2.42. The molecule has 5 nitrogen and oxygen atoms in total. The number of unbranched alkanes of at least 4 members (excludes halogenated alkanes) is 1. The smallest absolute Gasteiger partial charge is 0.363 e. The second kappa shape index (κ2) is 9.87. The Morgan fingerprint density at radius 1 is 1.21 bits per heavy atom. The van der Waals surface area contributed by atoms with Gasteiger partial charge in [-0.25, -0.2) is 14.2 Å². The fourth-order valence-corrected chi connectivity index (χ4v) is 3.49. The number of aliphatic imine (C=N–C) groups is 1. The zero-order valence-electron chi connectivity index (χ0n) is 16.2. The normalized spacial score (nSPS) is 14.7. The van der Waals surface area contributed by atoms with Crippen LogP contribution < -0.4 is 9.47 Å². The first-order chi connectivity index (χ1) is 14.0. The van der Waals surface area contributed by atoms with Crippen LogP contribution in [0.2, 0.25) is 0 Å². The van der Waals surface area contributed by atoms with E-state index in [1.54, 1.807) is 24.3 Å². The van der Waals surface area contributed by atoms with Crippen LogP contribution in [0.15, 0.2) is 47.1 Å². The SMILES string of the molecule is CCCCOc1c(I)cc(/C=C2\N=C(c3ccccc3F)OC2=O)cc1OCC. The van der Waals surface area contributed by atoms with E-state index < -0.39 is 11.8 Å². The number of cyclic esters (lactones) is 1. The largest absolute Gasteiger partial charge is 0.490 e. The summed E-state index contributed by atoms with van der Waals surface area (Å²) in [4.78, 5) is 16.4. The third-order valence-corrected chi connectivity index (χ3v) is 4.91. The molecule has 1 aliphatic heterocycles. The maximum absolute atomic E-state index is 14.0. The number of benzene rings is 2. The van der Waals surface area contributed by atoms with Crippen LogP contribution in [0.1, 0.15) is 37.8 Å². The summed E-state index contributed by atoms with van der Waals surface area (Å²) in [5, 5.41) is 0. The van der Waals surface area contributed by atoms with Crippen molar-refractivity contribution in [3.63, 3.8) is 0 Å². The van der Waals surface area contributed by atoms with E-state index in [2.05, 4.69) is 34.5 Å². The van der Waals surface area contributed by atoms with Gasteiger partial charge in [0.2, 0.25) is 5.90 Å². The lowest BCUT2D eigenvalue weighted by Gasteiger charge is -2.14. The van der Waals surface area contributed by atoms with E-state index in [0.717, 1.165) is 16.4 Å². The van der Waals surface area contributed by atoms with Crippen molar-refractivity contribution in [2.24, 2.45) is 4.99 Å². The van der Waals surface area contributed by atoms with Gasteiger partial charge in [0.05, 0.1) is 22.3 Å². The van der Waals surface area contributed by atoms with Crippen molar-refractivity contribution in [3.8, 4) is 11.5 Å². The average molecular weight is 509 g/mol. The zero-order chi connectivity index (χ0) is 20.8. The Balaban J connectivity index is 1.93. The lowest BCUT2D eigenvalue weighted by atomic mass is 10.1. The minimum Gasteiger partial charge on any atom is -0.490 e. The number of nitrogens with zero attached hydrogens (tertiary/aromatic N) is 1. The number of ether oxygens (including phenoxy) is 3. The first-order valence-corrected chi connectivity index (χ1v) is 10.5. The van der Waals surface area contributed by atoms with Crippen LogP contribution in [0.5, 0.6) is 11.5 Å². The summed E-state index contributed by atoms with van der Waals surface area (Å²) in [5.41, 5.74) is 0.959. The Labute approximate surface area is 182 Å². The Morgan fingerprint density at radius 2 is 2.00 bits per heavy atom. The van der Waals surface area contributed by atoms with Gasteiger partial charge in [0.25, 0.3) is 0 Å². The van der Waals surface area contributed by atoms with Gasteiger partial charge >= 0.3 is 5.97 Å². The highest BCUT2D eigenvalue weighted by Gasteiger charge is 2.26.